The number of hydrogen-bond acceptors (Lipinski definition) is 1. The Balaban J connectivity index is 3.34. The summed E-state index contributed by atoms with van der Waals surface area (Å²) < 4.78 is 0. The van der Waals surface area contributed by atoms with E-state index < -0.39 is 0 Å². The van der Waals surface area contributed by atoms with Crippen LogP contribution in [0.4, 0.5) is 0 Å². The van der Waals surface area contributed by atoms with Gasteiger partial charge in [-0.25, -0.2) is 0 Å². The molecule has 0 aliphatic heterocycles. The fourth-order valence-electron chi connectivity index (χ4n) is 0.638. The Morgan fingerprint density at radius 3 is 2.20 bits per heavy atom. The smallest absolute Gasteiger partial charge is 0.0131 e. The van der Waals surface area contributed by atoms with E-state index in [1.807, 2.05) is 7.05 Å². The van der Waals surface area contributed by atoms with E-state index in [9.17, 15) is 0 Å². The second kappa shape index (κ2) is 4.51. The van der Waals surface area contributed by atoms with Gasteiger partial charge in [-0.2, -0.15) is 0 Å². The van der Waals surface area contributed by atoms with Crippen molar-refractivity contribution >= 4 is 0 Å². The van der Waals surface area contributed by atoms with Crippen molar-refractivity contribution < 1.29 is 0 Å². The molecule has 1 N–H and O–H groups in total. The van der Waals surface area contributed by atoms with Crippen LogP contribution in [-0.4, -0.2) is 13.6 Å². The Bertz CT molecular complexity index is 97.8. The van der Waals surface area contributed by atoms with E-state index in [4.69, 9.17) is 0 Å². The summed E-state index contributed by atoms with van der Waals surface area (Å²) in [6.45, 7) is 7.72. The zero-order valence-corrected chi connectivity index (χ0v) is 7.57. The van der Waals surface area contributed by atoms with Gasteiger partial charge < -0.3 is 5.32 Å². The molecule has 0 aliphatic carbocycles. The van der Waals surface area contributed by atoms with Crippen LogP contribution >= 0.6 is 0 Å². The fourth-order valence-corrected chi connectivity index (χ4v) is 0.638. The molecule has 0 fully saturated rings. The highest BCUT2D eigenvalue weighted by Crippen LogP contribution is 2.18. The van der Waals surface area contributed by atoms with Crippen LogP contribution < -0.4 is 5.32 Å². The van der Waals surface area contributed by atoms with Gasteiger partial charge in [0.05, 0.1) is 0 Å². The third kappa shape index (κ3) is 7.70. The number of nitrogens with one attached hydrogen (secondary N) is 1. The molecule has 0 saturated carbocycles. The molecule has 10 heavy (non-hydrogen) atoms. The first-order valence-electron chi connectivity index (χ1n) is 3.86. The van der Waals surface area contributed by atoms with Crippen molar-refractivity contribution in [3.05, 3.63) is 12.2 Å². The Kier molecular flexibility index (Phi) is 4.37. The summed E-state index contributed by atoms with van der Waals surface area (Å²) >= 11 is 0. The molecule has 60 valence electrons. The van der Waals surface area contributed by atoms with E-state index in [1.54, 1.807) is 0 Å². The molecule has 0 aromatic heterocycles. The molecule has 0 saturated heterocycles. The Morgan fingerprint density at radius 2 is 1.80 bits per heavy atom. The lowest BCUT2D eigenvalue weighted by Crippen LogP contribution is -2.05. The zero-order valence-electron chi connectivity index (χ0n) is 7.57. The van der Waals surface area contributed by atoms with Gasteiger partial charge in [-0.15, -0.1) is 0 Å². The van der Waals surface area contributed by atoms with Gasteiger partial charge in [-0.05, 0) is 18.9 Å². The summed E-state index contributed by atoms with van der Waals surface area (Å²) in [5.41, 5.74) is 0.435. The predicted octanol–water partition coefficient (Wildman–Crippen LogP) is 2.20. The Hall–Kier alpha value is -0.300. The molecule has 0 aromatic rings. The SMILES string of the molecule is CNC/C=C/CC(C)(C)C. The normalized spacial score (nSPS) is 12.8. The van der Waals surface area contributed by atoms with E-state index in [0.29, 0.717) is 5.41 Å². The highest BCUT2D eigenvalue weighted by Gasteiger charge is 2.05. The fraction of sp³-hybridized carbons (Fsp3) is 0.778. The standard InChI is InChI=1S/C9H19N/c1-9(2,3)7-5-6-8-10-4/h5-6,10H,7-8H2,1-4H3/b6-5+. The number of likely N-dealkylation sites (N-methyl/N-ethyl adjacent to an activating group) is 1. The molecule has 1 heteroatoms. The molecular formula is C9H19N. The molecule has 0 unspecified atom stereocenters. The van der Waals surface area contributed by atoms with E-state index in [2.05, 4.69) is 38.2 Å². The summed E-state index contributed by atoms with van der Waals surface area (Å²) in [6, 6.07) is 0. The highest BCUT2D eigenvalue weighted by atomic mass is 14.8. The first-order valence-corrected chi connectivity index (χ1v) is 3.86. The quantitative estimate of drug-likeness (QED) is 0.594. The second-order valence-corrected chi connectivity index (χ2v) is 3.79. The molecular weight excluding hydrogens is 122 g/mol. The molecule has 0 rings (SSSR count). The molecule has 0 amide bonds. The van der Waals surface area contributed by atoms with E-state index >= 15 is 0 Å². The van der Waals surface area contributed by atoms with Crippen LogP contribution in [0.2, 0.25) is 0 Å². The number of hydrogen-bond donors (Lipinski definition) is 1. The molecule has 0 aromatic carbocycles. The van der Waals surface area contributed by atoms with E-state index in [-0.39, 0.29) is 0 Å². The van der Waals surface area contributed by atoms with Crippen LogP contribution in [0.5, 0.6) is 0 Å². The van der Waals surface area contributed by atoms with Gasteiger partial charge in [-0.1, -0.05) is 32.9 Å². The van der Waals surface area contributed by atoms with Crippen LogP contribution in [0.25, 0.3) is 0 Å². The van der Waals surface area contributed by atoms with Gasteiger partial charge >= 0.3 is 0 Å². The minimum absolute atomic E-state index is 0.435. The predicted molar refractivity (Wildman–Crippen MR) is 47.1 cm³/mol. The molecule has 1 nitrogen and oxygen atoms in total. The van der Waals surface area contributed by atoms with Gasteiger partial charge in [0.1, 0.15) is 0 Å². The molecule has 0 spiro atoms. The van der Waals surface area contributed by atoms with Crippen molar-refractivity contribution in [2.45, 2.75) is 27.2 Å². The third-order valence-electron chi connectivity index (χ3n) is 1.22. The lowest BCUT2D eigenvalue weighted by atomic mass is 9.92. The second-order valence-electron chi connectivity index (χ2n) is 3.79. The summed E-state index contributed by atoms with van der Waals surface area (Å²) in [5, 5.41) is 3.07. The minimum atomic E-state index is 0.435. The summed E-state index contributed by atoms with van der Waals surface area (Å²) in [4.78, 5) is 0. The van der Waals surface area contributed by atoms with Gasteiger partial charge in [0.25, 0.3) is 0 Å². The molecule has 0 bridgehead atoms. The van der Waals surface area contributed by atoms with E-state index in [1.165, 1.54) is 0 Å². The lowest BCUT2D eigenvalue weighted by molar-refractivity contribution is 0.420. The van der Waals surface area contributed by atoms with Gasteiger partial charge in [0.15, 0.2) is 0 Å². The lowest BCUT2D eigenvalue weighted by Gasteiger charge is -2.14. The maximum absolute atomic E-state index is 3.07. The van der Waals surface area contributed by atoms with Gasteiger partial charge in [0, 0.05) is 6.54 Å². The van der Waals surface area contributed by atoms with Crippen molar-refractivity contribution in [1.29, 1.82) is 0 Å². The van der Waals surface area contributed by atoms with E-state index in [0.717, 1.165) is 13.0 Å². The van der Waals surface area contributed by atoms with Crippen molar-refractivity contribution in [3.8, 4) is 0 Å². The summed E-state index contributed by atoms with van der Waals surface area (Å²) in [5.74, 6) is 0. The molecule has 0 aliphatic rings. The van der Waals surface area contributed by atoms with Crippen LogP contribution in [0.15, 0.2) is 12.2 Å². The van der Waals surface area contributed by atoms with Crippen molar-refractivity contribution in [2.75, 3.05) is 13.6 Å². The Morgan fingerprint density at radius 1 is 1.20 bits per heavy atom. The van der Waals surface area contributed by atoms with Crippen molar-refractivity contribution in [3.63, 3.8) is 0 Å². The van der Waals surface area contributed by atoms with Gasteiger partial charge in [0.2, 0.25) is 0 Å². The van der Waals surface area contributed by atoms with Crippen molar-refractivity contribution in [2.24, 2.45) is 5.41 Å². The van der Waals surface area contributed by atoms with Crippen molar-refractivity contribution in [1.82, 2.24) is 5.32 Å². The maximum atomic E-state index is 3.07. The average Bonchev–Trinajstić information content (AvgIpc) is 1.78. The van der Waals surface area contributed by atoms with Crippen LogP contribution in [0.1, 0.15) is 27.2 Å². The molecule has 0 radical (unpaired) electrons. The zero-order chi connectivity index (χ0) is 8.04. The monoisotopic (exact) mass is 141 g/mol. The molecule has 0 heterocycles. The minimum Gasteiger partial charge on any atom is -0.316 e. The van der Waals surface area contributed by atoms with Crippen LogP contribution in [0.3, 0.4) is 0 Å². The summed E-state index contributed by atoms with van der Waals surface area (Å²) in [6.07, 6.45) is 5.57. The number of rotatable bonds is 3. The largest absolute Gasteiger partial charge is 0.316 e. The Labute approximate surface area is 64.5 Å². The van der Waals surface area contributed by atoms with Crippen LogP contribution in [0, 0.1) is 5.41 Å². The molecule has 0 atom stereocenters. The third-order valence-corrected chi connectivity index (χ3v) is 1.22. The van der Waals surface area contributed by atoms with Gasteiger partial charge in [-0.3, -0.25) is 0 Å². The first-order chi connectivity index (χ1) is 4.56. The van der Waals surface area contributed by atoms with Crippen LogP contribution in [-0.2, 0) is 0 Å². The first kappa shape index (κ1) is 9.70. The maximum Gasteiger partial charge on any atom is 0.0131 e. The summed E-state index contributed by atoms with van der Waals surface area (Å²) in [7, 11) is 1.96. The topological polar surface area (TPSA) is 12.0 Å². The average molecular weight is 141 g/mol. The number of allylic oxidation sites excluding steroid dienone is 1. The highest BCUT2D eigenvalue weighted by molar-refractivity contribution is 4.86.